The highest BCUT2D eigenvalue weighted by Gasteiger charge is 2.17. The van der Waals surface area contributed by atoms with E-state index in [1.807, 2.05) is 17.8 Å². The van der Waals surface area contributed by atoms with Gasteiger partial charge in [-0.05, 0) is 18.9 Å². The molecule has 0 radical (unpaired) electrons. The molecule has 0 saturated carbocycles. The number of aryl methyl sites for hydroxylation is 1. The first-order valence-corrected chi connectivity index (χ1v) is 6.22. The van der Waals surface area contributed by atoms with E-state index in [1.54, 1.807) is 12.5 Å². The number of aromatic nitrogens is 4. The summed E-state index contributed by atoms with van der Waals surface area (Å²) in [6.45, 7) is 7.22. The van der Waals surface area contributed by atoms with Crippen LogP contribution in [0.5, 0.6) is 0 Å². The first kappa shape index (κ1) is 12.5. The van der Waals surface area contributed by atoms with Crippen LogP contribution in [0.1, 0.15) is 32.3 Å². The summed E-state index contributed by atoms with van der Waals surface area (Å²) in [5.74, 6) is 1.27. The minimum Gasteiger partial charge on any atom is -0.370 e. The van der Waals surface area contributed by atoms with E-state index in [2.05, 4.69) is 41.2 Å². The average molecular weight is 245 g/mol. The Balaban J connectivity index is 2.60. The van der Waals surface area contributed by atoms with Crippen molar-refractivity contribution in [1.82, 2.24) is 19.7 Å². The molecule has 0 fully saturated rings. The van der Waals surface area contributed by atoms with Gasteiger partial charge in [0.05, 0.1) is 11.4 Å². The minimum atomic E-state index is 0.352. The fraction of sp³-hybridized carbons (Fsp3) is 0.462. The normalized spacial score (nSPS) is 10.9. The van der Waals surface area contributed by atoms with Gasteiger partial charge in [0.2, 0.25) is 0 Å². The van der Waals surface area contributed by atoms with Gasteiger partial charge in [0.25, 0.3) is 0 Å². The maximum absolute atomic E-state index is 4.43. The van der Waals surface area contributed by atoms with Crippen molar-refractivity contribution in [3.8, 4) is 11.4 Å². The Morgan fingerprint density at radius 1 is 1.33 bits per heavy atom. The average Bonchev–Trinajstić information content (AvgIpc) is 2.75. The van der Waals surface area contributed by atoms with E-state index in [9.17, 15) is 0 Å². The van der Waals surface area contributed by atoms with Gasteiger partial charge in [-0.3, -0.25) is 4.68 Å². The Labute approximate surface area is 107 Å². The zero-order valence-electron chi connectivity index (χ0n) is 11.3. The number of nitrogens with one attached hydrogen (secondary N) is 1. The minimum absolute atomic E-state index is 0.352. The molecule has 0 aliphatic heterocycles. The third-order valence-electron chi connectivity index (χ3n) is 2.87. The van der Waals surface area contributed by atoms with Gasteiger partial charge in [-0.15, -0.1) is 0 Å². The van der Waals surface area contributed by atoms with Crippen molar-refractivity contribution in [2.75, 3.05) is 11.9 Å². The molecule has 1 N–H and O–H groups in total. The summed E-state index contributed by atoms with van der Waals surface area (Å²) in [5.41, 5.74) is 3.11. The third-order valence-corrected chi connectivity index (χ3v) is 2.87. The second-order valence-corrected chi connectivity index (χ2v) is 4.51. The number of hydrogen-bond donors (Lipinski definition) is 1. The summed E-state index contributed by atoms with van der Waals surface area (Å²) in [5, 5.41) is 7.50. The van der Waals surface area contributed by atoms with Crippen LogP contribution in [0, 0.1) is 0 Å². The molecule has 0 aromatic carbocycles. The van der Waals surface area contributed by atoms with Crippen LogP contribution in [0.15, 0.2) is 18.6 Å². The molecule has 5 nitrogen and oxygen atoms in total. The van der Waals surface area contributed by atoms with Crippen LogP contribution in [-0.4, -0.2) is 26.3 Å². The lowest BCUT2D eigenvalue weighted by Gasteiger charge is -2.16. The molecule has 0 unspecified atom stereocenters. The molecule has 2 rings (SSSR count). The van der Waals surface area contributed by atoms with E-state index >= 15 is 0 Å². The van der Waals surface area contributed by atoms with E-state index in [4.69, 9.17) is 0 Å². The predicted octanol–water partition coefficient (Wildman–Crippen LogP) is 2.43. The molecule has 0 atom stereocenters. The van der Waals surface area contributed by atoms with Gasteiger partial charge in [0, 0.05) is 25.4 Å². The molecule has 96 valence electrons. The van der Waals surface area contributed by atoms with E-state index in [0.29, 0.717) is 5.92 Å². The van der Waals surface area contributed by atoms with Gasteiger partial charge in [0.15, 0.2) is 0 Å². The summed E-state index contributed by atoms with van der Waals surface area (Å²) >= 11 is 0. The van der Waals surface area contributed by atoms with Crippen molar-refractivity contribution in [2.45, 2.75) is 26.7 Å². The molecule has 0 aliphatic carbocycles. The molecule has 18 heavy (non-hydrogen) atoms. The van der Waals surface area contributed by atoms with Crippen molar-refractivity contribution in [3.05, 3.63) is 24.2 Å². The zero-order chi connectivity index (χ0) is 13.1. The molecule has 5 heteroatoms. The summed E-state index contributed by atoms with van der Waals surface area (Å²) in [7, 11) is 1.93. The summed E-state index contributed by atoms with van der Waals surface area (Å²) in [6.07, 6.45) is 3.39. The highest BCUT2D eigenvalue weighted by Crippen LogP contribution is 2.31. The fourth-order valence-corrected chi connectivity index (χ4v) is 2.06. The molecule has 0 amide bonds. The van der Waals surface area contributed by atoms with Crippen LogP contribution in [-0.2, 0) is 7.05 Å². The maximum atomic E-state index is 4.43. The monoisotopic (exact) mass is 245 g/mol. The Hall–Kier alpha value is -1.91. The topological polar surface area (TPSA) is 55.6 Å². The van der Waals surface area contributed by atoms with Crippen molar-refractivity contribution < 1.29 is 0 Å². The maximum Gasteiger partial charge on any atom is 0.133 e. The Morgan fingerprint density at radius 2 is 2.11 bits per heavy atom. The molecular weight excluding hydrogens is 226 g/mol. The molecule has 0 bridgehead atoms. The molecule has 0 saturated heterocycles. The SMILES string of the molecule is CCNc1ncnc(-c2ccnn2C)c1C(C)C. The van der Waals surface area contributed by atoms with Crippen LogP contribution < -0.4 is 5.32 Å². The standard InChI is InChI=1S/C13H19N5/c1-5-14-13-11(9(2)3)12(15-8-16-13)10-6-7-17-18(10)4/h6-9H,5H2,1-4H3,(H,14,15,16). The van der Waals surface area contributed by atoms with Crippen molar-refractivity contribution in [2.24, 2.45) is 7.05 Å². The van der Waals surface area contributed by atoms with Gasteiger partial charge in [-0.1, -0.05) is 13.8 Å². The first-order valence-electron chi connectivity index (χ1n) is 6.22. The summed E-state index contributed by atoms with van der Waals surface area (Å²) in [4.78, 5) is 8.77. The predicted molar refractivity (Wildman–Crippen MR) is 72.5 cm³/mol. The zero-order valence-corrected chi connectivity index (χ0v) is 11.3. The lowest BCUT2D eigenvalue weighted by Crippen LogP contribution is -2.09. The van der Waals surface area contributed by atoms with Crippen molar-refractivity contribution in [3.63, 3.8) is 0 Å². The number of rotatable bonds is 4. The fourth-order valence-electron chi connectivity index (χ4n) is 2.06. The van der Waals surface area contributed by atoms with E-state index in [-0.39, 0.29) is 0 Å². The van der Waals surface area contributed by atoms with Gasteiger partial charge in [-0.25, -0.2) is 9.97 Å². The number of anilines is 1. The number of nitrogens with zero attached hydrogens (tertiary/aromatic N) is 4. The van der Waals surface area contributed by atoms with Gasteiger partial charge in [-0.2, -0.15) is 5.10 Å². The quantitative estimate of drug-likeness (QED) is 0.898. The Kier molecular flexibility index (Phi) is 3.60. The lowest BCUT2D eigenvalue weighted by molar-refractivity contribution is 0.766. The molecule has 2 heterocycles. The molecule has 2 aromatic heterocycles. The molecule has 2 aromatic rings. The van der Waals surface area contributed by atoms with Gasteiger partial charge in [0.1, 0.15) is 12.1 Å². The van der Waals surface area contributed by atoms with E-state index in [0.717, 1.165) is 29.3 Å². The number of hydrogen-bond acceptors (Lipinski definition) is 4. The van der Waals surface area contributed by atoms with E-state index in [1.165, 1.54) is 0 Å². The van der Waals surface area contributed by atoms with Crippen molar-refractivity contribution in [1.29, 1.82) is 0 Å². The second kappa shape index (κ2) is 5.16. The molecular formula is C13H19N5. The van der Waals surface area contributed by atoms with Gasteiger partial charge < -0.3 is 5.32 Å². The highest BCUT2D eigenvalue weighted by molar-refractivity contribution is 5.66. The Morgan fingerprint density at radius 3 is 2.67 bits per heavy atom. The first-order chi connectivity index (χ1) is 8.65. The smallest absolute Gasteiger partial charge is 0.133 e. The largest absolute Gasteiger partial charge is 0.370 e. The van der Waals surface area contributed by atoms with Crippen LogP contribution in [0.2, 0.25) is 0 Å². The highest BCUT2D eigenvalue weighted by atomic mass is 15.3. The summed E-state index contributed by atoms with van der Waals surface area (Å²) < 4.78 is 1.84. The van der Waals surface area contributed by atoms with Crippen LogP contribution in [0.4, 0.5) is 5.82 Å². The van der Waals surface area contributed by atoms with Crippen LogP contribution in [0.3, 0.4) is 0 Å². The molecule has 0 spiro atoms. The molecule has 0 aliphatic rings. The Bertz CT molecular complexity index is 530. The van der Waals surface area contributed by atoms with E-state index < -0.39 is 0 Å². The van der Waals surface area contributed by atoms with Crippen LogP contribution >= 0.6 is 0 Å². The summed E-state index contributed by atoms with van der Waals surface area (Å²) in [6, 6.07) is 1.98. The third kappa shape index (κ3) is 2.20. The second-order valence-electron chi connectivity index (χ2n) is 4.51. The van der Waals surface area contributed by atoms with Crippen molar-refractivity contribution >= 4 is 5.82 Å². The van der Waals surface area contributed by atoms with Gasteiger partial charge >= 0.3 is 0 Å². The lowest BCUT2D eigenvalue weighted by atomic mass is 10.00. The van der Waals surface area contributed by atoms with Crippen LogP contribution in [0.25, 0.3) is 11.4 Å².